The topological polar surface area (TPSA) is 34.1 Å². The van der Waals surface area contributed by atoms with Crippen LogP contribution in [0, 0.1) is 9.49 Å². The van der Waals surface area contributed by atoms with Crippen LogP contribution in [0.4, 0.5) is 0 Å². The molecule has 1 aromatic carbocycles. The summed E-state index contributed by atoms with van der Waals surface area (Å²) in [6, 6.07) is 3.75. The number of ketones is 2. The van der Waals surface area contributed by atoms with E-state index in [1.807, 2.05) is 18.2 Å². The molecule has 0 heterocycles. The summed E-state index contributed by atoms with van der Waals surface area (Å²) in [5.41, 5.74) is 1.45. The fourth-order valence-corrected chi connectivity index (χ4v) is 4.33. The number of carbonyl (C=O) groups excluding carboxylic acids is 2. The number of fused-ring (bicyclic) bond motifs is 3. The molecule has 1 aromatic rings. The molecule has 0 saturated heterocycles. The lowest BCUT2D eigenvalue weighted by Gasteiger charge is -2.31. The average Bonchev–Trinajstić information content (AvgIpc) is 2.41. The van der Waals surface area contributed by atoms with Gasteiger partial charge in [-0.15, -0.1) is 0 Å². The van der Waals surface area contributed by atoms with E-state index < -0.39 is 0 Å². The maximum absolute atomic E-state index is 12.3. The van der Waals surface area contributed by atoms with Gasteiger partial charge in [0.1, 0.15) is 0 Å². The minimum Gasteiger partial charge on any atom is -0.290 e. The van der Waals surface area contributed by atoms with E-state index in [0.717, 1.165) is 21.7 Å². The van der Waals surface area contributed by atoms with Crippen molar-refractivity contribution in [2.45, 2.75) is 5.92 Å². The van der Waals surface area contributed by atoms with Crippen molar-refractivity contribution in [2.75, 3.05) is 0 Å². The molecule has 20 heavy (non-hydrogen) atoms. The van der Waals surface area contributed by atoms with Crippen LogP contribution in [0.3, 0.4) is 0 Å². The molecule has 0 saturated carbocycles. The molecular formula is C14H6Br2I2O2. The van der Waals surface area contributed by atoms with Crippen LogP contribution < -0.4 is 0 Å². The van der Waals surface area contributed by atoms with Gasteiger partial charge in [0.25, 0.3) is 0 Å². The van der Waals surface area contributed by atoms with Crippen molar-refractivity contribution < 1.29 is 9.59 Å². The lowest BCUT2D eigenvalue weighted by atomic mass is 9.72. The molecule has 2 aliphatic rings. The highest BCUT2D eigenvalue weighted by atomic mass is 127. The number of allylic oxidation sites excluding steroid dienone is 4. The third-order valence-corrected chi connectivity index (χ3v) is 8.15. The van der Waals surface area contributed by atoms with E-state index in [1.165, 1.54) is 0 Å². The number of Topliss-reactive ketones (excluding diaryl/α,β-unsaturated/α-hetero) is 2. The maximum Gasteiger partial charge on any atom is 0.229 e. The van der Waals surface area contributed by atoms with Crippen molar-refractivity contribution in [1.82, 2.24) is 0 Å². The van der Waals surface area contributed by atoms with Gasteiger partial charge in [-0.05, 0) is 78.8 Å². The quantitative estimate of drug-likeness (QED) is 0.298. The van der Waals surface area contributed by atoms with Gasteiger partial charge in [-0.25, -0.2) is 0 Å². The Balaban J connectivity index is 2.26. The highest BCUT2D eigenvalue weighted by Crippen LogP contribution is 2.45. The van der Waals surface area contributed by atoms with Gasteiger partial charge in [0.2, 0.25) is 11.6 Å². The number of benzene rings is 1. The van der Waals surface area contributed by atoms with Gasteiger partial charge in [0, 0.05) is 27.6 Å². The molecule has 0 N–H and O–H groups in total. The molecule has 2 aliphatic carbocycles. The third kappa shape index (κ3) is 2.40. The zero-order chi connectivity index (χ0) is 14.6. The first-order valence-electron chi connectivity index (χ1n) is 5.72. The van der Waals surface area contributed by atoms with Gasteiger partial charge in [-0.1, -0.05) is 28.1 Å². The summed E-state index contributed by atoms with van der Waals surface area (Å²) < 4.78 is 3.83. The molecule has 2 unspecified atom stereocenters. The van der Waals surface area contributed by atoms with Crippen LogP contribution in [0.15, 0.2) is 36.8 Å². The molecule has 3 rings (SSSR count). The number of hydrogen-bond acceptors (Lipinski definition) is 2. The second kappa shape index (κ2) is 5.58. The van der Waals surface area contributed by atoms with Crippen LogP contribution in [0.25, 0.3) is 0 Å². The average molecular weight is 620 g/mol. The maximum atomic E-state index is 12.3. The zero-order valence-corrected chi connectivity index (χ0v) is 17.3. The van der Waals surface area contributed by atoms with Gasteiger partial charge in [-0.3, -0.25) is 9.59 Å². The molecule has 0 aliphatic heterocycles. The van der Waals surface area contributed by atoms with Crippen molar-refractivity contribution in [3.63, 3.8) is 0 Å². The molecular weight excluding hydrogens is 614 g/mol. The van der Waals surface area contributed by atoms with Crippen LogP contribution in [0.2, 0.25) is 0 Å². The Bertz CT molecular complexity index is 722. The smallest absolute Gasteiger partial charge is 0.229 e. The Kier molecular flexibility index (Phi) is 4.29. The van der Waals surface area contributed by atoms with E-state index in [2.05, 4.69) is 77.0 Å². The molecule has 102 valence electrons. The van der Waals surface area contributed by atoms with E-state index >= 15 is 0 Å². The second-order valence-electron chi connectivity index (χ2n) is 4.63. The second-order valence-corrected chi connectivity index (χ2v) is 8.66. The van der Waals surface area contributed by atoms with Crippen LogP contribution in [-0.2, 0) is 4.79 Å². The van der Waals surface area contributed by atoms with Crippen LogP contribution in [0.5, 0.6) is 0 Å². The van der Waals surface area contributed by atoms with Crippen molar-refractivity contribution in [3.05, 3.63) is 51.5 Å². The summed E-state index contributed by atoms with van der Waals surface area (Å²) in [7, 11) is 0. The van der Waals surface area contributed by atoms with Gasteiger partial charge in [0.15, 0.2) is 0 Å². The third-order valence-electron chi connectivity index (χ3n) is 3.49. The minimum absolute atomic E-state index is 0.0728. The fraction of sp³-hybridized carbons (Fsp3) is 0.143. The SMILES string of the molecule is O=C1C(=O)C2C=C(I)C(Br)=CC2c2cc(Br)c(I)cc21. The summed E-state index contributed by atoms with van der Waals surface area (Å²) >= 11 is 11.3. The van der Waals surface area contributed by atoms with Gasteiger partial charge < -0.3 is 0 Å². The summed E-state index contributed by atoms with van der Waals surface area (Å²) in [5, 5.41) is 0. The Morgan fingerprint density at radius 3 is 2.40 bits per heavy atom. The van der Waals surface area contributed by atoms with E-state index in [1.54, 1.807) is 6.07 Å². The van der Waals surface area contributed by atoms with Crippen LogP contribution >= 0.6 is 77.0 Å². The molecule has 0 spiro atoms. The lowest BCUT2D eigenvalue weighted by Crippen LogP contribution is -2.35. The highest BCUT2D eigenvalue weighted by molar-refractivity contribution is 14.1. The Labute approximate surface area is 160 Å². The zero-order valence-electron chi connectivity index (χ0n) is 9.79. The van der Waals surface area contributed by atoms with Crippen molar-refractivity contribution >= 4 is 88.6 Å². The van der Waals surface area contributed by atoms with Crippen molar-refractivity contribution in [2.24, 2.45) is 5.92 Å². The van der Waals surface area contributed by atoms with E-state index in [4.69, 9.17) is 0 Å². The molecule has 0 bridgehead atoms. The first-order chi connectivity index (χ1) is 9.40. The number of carbonyl (C=O) groups is 2. The van der Waals surface area contributed by atoms with Gasteiger partial charge in [-0.2, -0.15) is 0 Å². The summed E-state index contributed by atoms with van der Waals surface area (Å²) in [5.74, 6) is -1.14. The number of hydrogen-bond donors (Lipinski definition) is 0. The highest BCUT2D eigenvalue weighted by Gasteiger charge is 2.41. The van der Waals surface area contributed by atoms with E-state index in [-0.39, 0.29) is 23.4 Å². The molecule has 0 fully saturated rings. The molecule has 2 atom stereocenters. The summed E-state index contributed by atoms with van der Waals surface area (Å²) in [6.45, 7) is 0. The summed E-state index contributed by atoms with van der Waals surface area (Å²) in [6.07, 6.45) is 3.90. The molecule has 2 nitrogen and oxygen atoms in total. The van der Waals surface area contributed by atoms with Crippen molar-refractivity contribution in [3.8, 4) is 0 Å². The number of rotatable bonds is 0. The number of halogens is 4. The summed E-state index contributed by atoms with van der Waals surface area (Å²) in [4.78, 5) is 24.6. The first kappa shape index (κ1) is 15.4. The monoisotopic (exact) mass is 618 g/mol. The molecule has 6 heteroatoms. The predicted octanol–water partition coefficient (Wildman–Crippen LogP) is 5.13. The van der Waals surface area contributed by atoms with E-state index in [0.29, 0.717) is 5.56 Å². The van der Waals surface area contributed by atoms with Crippen molar-refractivity contribution in [1.29, 1.82) is 0 Å². The van der Waals surface area contributed by atoms with Crippen LogP contribution in [-0.4, -0.2) is 11.6 Å². The first-order valence-corrected chi connectivity index (χ1v) is 9.47. The lowest BCUT2D eigenvalue weighted by molar-refractivity contribution is -0.118. The van der Waals surface area contributed by atoms with Crippen LogP contribution in [0.1, 0.15) is 21.8 Å². The fourth-order valence-electron chi connectivity index (χ4n) is 2.52. The molecule has 0 amide bonds. The largest absolute Gasteiger partial charge is 0.290 e. The minimum atomic E-state index is -0.379. The predicted molar refractivity (Wildman–Crippen MR) is 102 cm³/mol. The van der Waals surface area contributed by atoms with E-state index in [9.17, 15) is 9.59 Å². The Hall–Kier alpha value is 0.460. The molecule has 0 radical (unpaired) electrons. The normalized spacial score (nSPS) is 24.8. The molecule has 0 aromatic heterocycles. The van der Waals surface area contributed by atoms with Gasteiger partial charge >= 0.3 is 0 Å². The Morgan fingerprint density at radius 1 is 1.00 bits per heavy atom. The Morgan fingerprint density at radius 2 is 1.70 bits per heavy atom. The standard InChI is InChI=1S/C14H6Br2I2O2/c15-9-1-5-6-2-10(16)12(18)4-8(6)14(20)13(19)7(5)3-11(9)17/h1-5,7H. The van der Waals surface area contributed by atoms with Gasteiger partial charge in [0.05, 0.1) is 5.92 Å².